The van der Waals surface area contributed by atoms with E-state index in [1.165, 1.54) is 0 Å². The number of amides is 2. The van der Waals surface area contributed by atoms with Crippen molar-refractivity contribution in [3.05, 3.63) is 42.2 Å². The molecule has 2 saturated heterocycles. The molecule has 7 nitrogen and oxygen atoms in total. The lowest BCUT2D eigenvalue weighted by Gasteiger charge is -2.24. The summed E-state index contributed by atoms with van der Waals surface area (Å²) in [4.78, 5) is 29.0. The number of anilines is 1. The first kappa shape index (κ1) is 15.7. The van der Waals surface area contributed by atoms with Gasteiger partial charge in [-0.1, -0.05) is 0 Å². The van der Waals surface area contributed by atoms with E-state index < -0.39 is 0 Å². The van der Waals surface area contributed by atoms with Gasteiger partial charge in [-0.25, -0.2) is 0 Å². The molecule has 0 N–H and O–H groups in total. The SMILES string of the molecule is COc1ccc(C(=O)N2CC[C@@H]3[C@@H]2CC(=O)N3c2cnn(C)c2)cc1. The highest BCUT2D eigenvalue weighted by Gasteiger charge is 2.49. The predicted molar refractivity (Wildman–Crippen MR) is 91.5 cm³/mol. The molecule has 1 aromatic heterocycles. The largest absolute Gasteiger partial charge is 0.497 e. The molecule has 2 fully saturated rings. The minimum absolute atomic E-state index is 0.0268. The number of hydrogen-bond donors (Lipinski definition) is 0. The molecule has 4 rings (SSSR count). The number of fused-ring (bicyclic) bond motifs is 1. The molecule has 130 valence electrons. The van der Waals surface area contributed by atoms with Gasteiger partial charge in [0.2, 0.25) is 5.91 Å². The first-order chi connectivity index (χ1) is 12.1. The molecule has 3 heterocycles. The van der Waals surface area contributed by atoms with Crippen LogP contribution in [0.25, 0.3) is 0 Å². The summed E-state index contributed by atoms with van der Waals surface area (Å²) in [6.07, 6.45) is 4.69. The molecule has 0 saturated carbocycles. The summed E-state index contributed by atoms with van der Waals surface area (Å²) < 4.78 is 6.82. The van der Waals surface area contributed by atoms with Crippen LogP contribution in [0.5, 0.6) is 5.75 Å². The van der Waals surface area contributed by atoms with Crippen molar-refractivity contribution in [3.8, 4) is 5.75 Å². The van der Waals surface area contributed by atoms with Gasteiger partial charge in [0.05, 0.1) is 31.1 Å². The number of methoxy groups -OCH3 is 1. The lowest BCUT2D eigenvalue weighted by molar-refractivity contribution is -0.117. The van der Waals surface area contributed by atoms with Crippen LogP contribution in [0.15, 0.2) is 36.7 Å². The fourth-order valence-corrected chi connectivity index (χ4v) is 3.87. The van der Waals surface area contributed by atoms with E-state index in [0.717, 1.165) is 17.9 Å². The summed E-state index contributed by atoms with van der Waals surface area (Å²) in [6.45, 7) is 0.657. The van der Waals surface area contributed by atoms with Crippen molar-refractivity contribution in [2.24, 2.45) is 7.05 Å². The monoisotopic (exact) mass is 340 g/mol. The van der Waals surface area contributed by atoms with Crippen LogP contribution >= 0.6 is 0 Å². The van der Waals surface area contributed by atoms with E-state index in [0.29, 0.717) is 18.5 Å². The van der Waals surface area contributed by atoms with E-state index in [1.807, 2.05) is 18.1 Å². The normalized spacial score (nSPS) is 22.4. The van der Waals surface area contributed by atoms with E-state index in [1.54, 1.807) is 47.2 Å². The number of nitrogens with zero attached hydrogens (tertiary/aromatic N) is 4. The Morgan fingerprint density at radius 2 is 2.00 bits per heavy atom. The van der Waals surface area contributed by atoms with Crippen molar-refractivity contribution in [2.45, 2.75) is 24.9 Å². The number of rotatable bonds is 3. The number of carbonyl (C=O) groups excluding carboxylic acids is 2. The second-order valence-electron chi connectivity index (χ2n) is 6.49. The minimum Gasteiger partial charge on any atom is -0.497 e. The number of benzene rings is 1. The second-order valence-corrected chi connectivity index (χ2v) is 6.49. The zero-order valence-corrected chi connectivity index (χ0v) is 14.3. The van der Waals surface area contributed by atoms with Crippen molar-refractivity contribution >= 4 is 17.5 Å². The highest BCUT2D eigenvalue weighted by molar-refractivity contribution is 6.00. The number of likely N-dealkylation sites (tertiary alicyclic amines) is 1. The molecule has 0 aliphatic carbocycles. The van der Waals surface area contributed by atoms with Crippen molar-refractivity contribution in [3.63, 3.8) is 0 Å². The van der Waals surface area contributed by atoms with Gasteiger partial charge in [0, 0.05) is 31.8 Å². The summed E-state index contributed by atoms with van der Waals surface area (Å²) >= 11 is 0. The molecule has 25 heavy (non-hydrogen) atoms. The van der Waals surface area contributed by atoms with Gasteiger partial charge in [-0.3, -0.25) is 14.3 Å². The Hall–Kier alpha value is -2.83. The molecule has 0 unspecified atom stereocenters. The molecule has 7 heteroatoms. The van der Waals surface area contributed by atoms with Crippen LogP contribution in [0.4, 0.5) is 5.69 Å². The molecular formula is C18H20N4O3. The summed E-state index contributed by atoms with van der Waals surface area (Å²) in [5, 5.41) is 4.16. The predicted octanol–water partition coefficient (Wildman–Crippen LogP) is 1.45. The molecule has 2 aliphatic heterocycles. The number of carbonyl (C=O) groups is 2. The third-order valence-corrected chi connectivity index (χ3v) is 5.06. The van der Waals surface area contributed by atoms with Gasteiger partial charge < -0.3 is 14.5 Å². The van der Waals surface area contributed by atoms with Gasteiger partial charge in [-0.2, -0.15) is 5.10 Å². The topological polar surface area (TPSA) is 67.7 Å². The number of ether oxygens (including phenoxy) is 1. The van der Waals surface area contributed by atoms with E-state index in [9.17, 15) is 9.59 Å². The van der Waals surface area contributed by atoms with Crippen molar-refractivity contribution < 1.29 is 14.3 Å². The summed E-state index contributed by atoms with van der Waals surface area (Å²) in [6, 6.07) is 7.04. The molecule has 2 amide bonds. The molecule has 2 aromatic rings. The highest BCUT2D eigenvalue weighted by Crippen LogP contribution is 2.36. The van der Waals surface area contributed by atoms with Crippen LogP contribution in [-0.2, 0) is 11.8 Å². The zero-order valence-electron chi connectivity index (χ0n) is 14.3. The molecule has 0 bridgehead atoms. The third kappa shape index (κ3) is 2.56. The van der Waals surface area contributed by atoms with Crippen molar-refractivity contribution in [1.29, 1.82) is 0 Å². The fraction of sp³-hybridized carbons (Fsp3) is 0.389. The van der Waals surface area contributed by atoms with Crippen LogP contribution in [0.1, 0.15) is 23.2 Å². The minimum atomic E-state index is -0.0812. The van der Waals surface area contributed by atoms with Crippen molar-refractivity contribution in [2.75, 3.05) is 18.6 Å². The standard InChI is InChI=1S/C18H20N4O3/c1-20-11-13(10-19-20)22-15-7-8-21(16(15)9-17(22)23)18(24)12-3-5-14(25-2)6-4-12/h3-6,10-11,15-16H,7-9H2,1-2H3/t15-,16+/m1/s1. The van der Waals surface area contributed by atoms with Gasteiger partial charge in [0.1, 0.15) is 5.75 Å². The number of aromatic nitrogens is 2. The van der Waals surface area contributed by atoms with Gasteiger partial charge in [-0.05, 0) is 30.7 Å². The number of aryl methyl sites for hydroxylation is 1. The summed E-state index contributed by atoms with van der Waals surface area (Å²) in [5.74, 6) is 0.737. The Morgan fingerprint density at radius 1 is 1.24 bits per heavy atom. The van der Waals surface area contributed by atoms with Crippen LogP contribution in [-0.4, -0.2) is 52.2 Å². The van der Waals surface area contributed by atoms with Gasteiger partial charge in [0.25, 0.3) is 5.91 Å². The Labute approximate surface area is 145 Å². The fourth-order valence-electron chi connectivity index (χ4n) is 3.87. The molecule has 0 spiro atoms. The lowest BCUT2D eigenvalue weighted by atomic mass is 10.1. The van der Waals surface area contributed by atoms with Crippen LogP contribution in [0, 0.1) is 0 Å². The van der Waals surface area contributed by atoms with Gasteiger partial charge in [0.15, 0.2) is 0 Å². The smallest absolute Gasteiger partial charge is 0.254 e. The quantitative estimate of drug-likeness (QED) is 0.848. The molecular weight excluding hydrogens is 320 g/mol. The second kappa shape index (κ2) is 5.91. The Bertz CT molecular complexity index is 814. The molecule has 2 atom stereocenters. The van der Waals surface area contributed by atoms with Crippen LogP contribution in [0.2, 0.25) is 0 Å². The van der Waals surface area contributed by atoms with E-state index in [4.69, 9.17) is 4.74 Å². The Morgan fingerprint density at radius 3 is 2.64 bits per heavy atom. The average Bonchev–Trinajstić information content (AvgIpc) is 3.29. The van der Waals surface area contributed by atoms with E-state index >= 15 is 0 Å². The maximum Gasteiger partial charge on any atom is 0.254 e. The number of hydrogen-bond acceptors (Lipinski definition) is 4. The molecule has 0 radical (unpaired) electrons. The average molecular weight is 340 g/mol. The summed E-state index contributed by atoms with van der Waals surface area (Å²) in [7, 11) is 3.43. The van der Waals surface area contributed by atoms with Gasteiger partial charge >= 0.3 is 0 Å². The zero-order chi connectivity index (χ0) is 17.6. The molecule has 2 aliphatic rings. The van der Waals surface area contributed by atoms with E-state index in [-0.39, 0.29) is 23.9 Å². The first-order valence-electron chi connectivity index (χ1n) is 8.34. The maximum absolute atomic E-state index is 12.9. The Balaban J connectivity index is 1.56. The van der Waals surface area contributed by atoms with Crippen molar-refractivity contribution in [1.82, 2.24) is 14.7 Å². The summed E-state index contributed by atoms with van der Waals surface area (Å²) in [5.41, 5.74) is 1.42. The lowest BCUT2D eigenvalue weighted by Crippen LogP contribution is -2.39. The Kier molecular flexibility index (Phi) is 3.71. The van der Waals surface area contributed by atoms with Crippen LogP contribution < -0.4 is 9.64 Å². The van der Waals surface area contributed by atoms with Crippen LogP contribution in [0.3, 0.4) is 0 Å². The van der Waals surface area contributed by atoms with E-state index in [2.05, 4.69) is 5.10 Å². The molecule has 1 aromatic carbocycles. The first-order valence-corrected chi connectivity index (χ1v) is 8.34. The third-order valence-electron chi connectivity index (χ3n) is 5.06. The van der Waals surface area contributed by atoms with Gasteiger partial charge in [-0.15, -0.1) is 0 Å². The maximum atomic E-state index is 12.9. The highest BCUT2D eigenvalue weighted by atomic mass is 16.5.